The zero-order valence-corrected chi connectivity index (χ0v) is 13.3. The molecular weight excluding hydrogens is 328 g/mol. The van der Waals surface area contributed by atoms with E-state index in [4.69, 9.17) is 14.2 Å². The van der Waals surface area contributed by atoms with Crippen LogP contribution in [0.2, 0.25) is 0 Å². The van der Waals surface area contributed by atoms with Gasteiger partial charge in [0.2, 0.25) is 6.79 Å². The molecule has 0 saturated heterocycles. The first-order valence-electron chi connectivity index (χ1n) is 7.48. The Morgan fingerprint density at radius 2 is 2.24 bits per heavy atom. The molecule has 8 heteroatoms. The van der Waals surface area contributed by atoms with Gasteiger partial charge >= 0.3 is 5.97 Å². The molecule has 128 valence electrons. The topological polar surface area (TPSA) is 101 Å². The van der Waals surface area contributed by atoms with Crippen LogP contribution in [-0.4, -0.2) is 29.3 Å². The first-order chi connectivity index (χ1) is 12.1. The number of para-hydroxylation sites is 1. The van der Waals surface area contributed by atoms with Crippen LogP contribution in [0, 0.1) is 10.1 Å². The lowest BCUT2D eigenvalue weighted by Crippen LogP contribution is -2.08. The van der Waals surface area contributed by atoms with Crippen molar-refractivity contribution < 1.29 is 23.9 Å². The number of nitro groups is 1. The van der Waals surface area contributed by atoms with Gasteiger partial charge in [-0.15, -0.1) is 0 Å². The monoisotopic (exact) mass is 342 g/mol. The van der Waals surface area contributed by atoms with Gasteiger partial charge in [-0.1, -0.05) is 12.1 Å². The average molecular weight is 342 g/mol. The standard InChI is InChI=1S/C17H14N2O6/c1-2-23-17(20)13-8-12(19(21)22)9-18-14(13)7-6-11-4-3-5-15-16(11)25-10-24-15/h3-9H,2,10H2,1H3. The fraction of sp³-hybridized carbons (Fsp3) is 0.176. The zero-order chi connectivity index (χ0) is 17.8. The Morgan fingerprint density at radius 3 is 3.00 bits per heavy atom. The van der Waals surface area contributed by atoms with E-state index in [-0.39, 0.29) is 30.3 Å². The highest BCUT2D eigenvalue weighted by Crippen LogP contribution is 2.36. The Kier molecular flexibility index (Phi) is 4.60. The summed E-state index contributed by atoms with van der Waals surface area (Å²) in [7, 11) is 0. The summed E-state index contributed by atoms with van der Waals surface area (Å²) in [5.41, 5.74) is 0.750. The molecule has 25 heavy (non-hydrogen) atoms. The molecule has 0 N–H and O–H groups in total. The summed E-state index contributed by atoms with van der Waals surface area (Å²) in [5.74, 6) is 0.555. The number of ether oxygens (including phenoxy) is 3. The molecule has 0 unspecified atom stereocenters. The van der Waals surface area contributed by atoms with E-state index >= 15 is 0 Å². The maximum Gasteiger partial charge on any atom is 0.340 e. The number of esters is 1. The van der Waals surface area contributed by atoms with E-state index in [2.05, 4.69) is 4.98 Å². The molecule has 0 fully saturated rings. The molecular formula is C17H14N2O6. The van der Waals surface area contributed by atoms with Crippen LogP contribution in [0.3, 0.4) is 0 Å². The van der Waals surface area contributed by atoms with E-state index in [0.29, 0.717) is 11.5 Å². The van der Waals surface area contributed by atoms with Gasteiger partial charge in [0.15, 0.2) is 11.5 Å². The number of carbonyl (C=O) groups is 1. The second-order valence-electron chi connectivity index (χ2n) is 5.02. The summed E-state index contributed by atoms with van der Waals surface area (Å²) in [6.07, 6.45) is 4.37. The summed E-state index contributed by atoms with van der Waals surface area (Å²) in [6.45, 7) is 1.95. The summed E-state index contributed by atoms with van der Waals surface area (Å²) < 4.78 is 15.7. The van der Waals surface area contributed by atoms with Gasteiger partial charge in [-0.3, -0.25) is 10.1 Å². The van der Waals surface area contributed by atoms with Crippen molar-refractivity contribution in [3.05, 3.63) is 57.4 Å². The molecule has 2 aromatic rings. The van der Waals surface area contributed by atoms with Crippen LogP contribution in [0.4, 0.5) is 5.69 Å². The molecule has 0 radical (unpaired) electrons. The lowest BCUT2D eigenvalue weighted by molar-refractivity contribution is -0.385. The molecule has 0 spiro atoms. The molecule has 0 bridgehead atoms. The van der Waals surface area contributed by atoms with Gasteiger partial charge in [-0.2, -0.15) is 0 Å². The molecule has 1 aliphatic heterocycles. The zero-order valence-electron chi connectivity index (χ0n) is 13.3. The molecule has 8 nitrogen and oxygen atoms in total. The third-order valence-corrected chi connectivity index (χ3v) is 3.46. The van der Waals surface area contributed by atoms with Gasteiger partial charge in [0.05, 0.1) is 22.8 Å². The van der Waals surface area contributed by atoms with Crippen molar-refractivity contribution in [1.82, 2.24) is 4.98 Å². The molecule has 0 amide bonds. The van der Waals surface area contributed by atoms with Crippen molar-refractivity contribution in [1.29, 1.82) is 0 Å². The van der Waals surface area contributed by atoms with Crippen LogP contribution >= 0.6 is 0 Å². The summed E-state index contributed by atoms with van der Waals surface area (Å²) in [4.78, 5) is 26.4. The first-order valence-corrected chi connectivity index (χ1v) is 7.48. The summed E-state index contributed by atoms with van der Waals surface area (Å²) in [6, 6.07) is 6.57. The number of rotatable bonds is 5. The quantitative estimate of drug-likeness (QED) is 0.467. The highest BCUT2D eigenvalue weighted by atomic mass is 16.7. The van der Waals surface area contributed by atoms with Crippen LogP contribution in [0.25, 0.3) is 12.2 Å². The molecule has 1 aromatic carbocycles. The Bertz CT molecular complexity index is 862. The number of benzene rings is 1. The van der Waals surface area contributed by atoms with E-state index < -0.39 is 10.9 Å². The van der Waals surface area contributed by atoms with E-state index in [1.165, 1.54) is 0 Å². The fourth-order valence-electron chi connectivity index (χ4n) is 2.32. The Morgan fingerprint density at radius 1 is 1.40 bits per heavy atom. The lowest BCUT2D eigenvalue weighted by atomic mass is 10.1. The van der Waals surface area contributed by atoms with Crippen molar-refractivity contribution in [2.45, 2.75) is 6.92 Å². The van der Waals surface area contributed by atoms with Crippen LogP contribution in [0.15, 0.2) is 30.5 Å². The van der Waals surface area contributed by atoms with Gasteiger partial charge in [-0.05, 0) is 25.1 Å². The number of nitrogens with zero attached hydrogens (tertiary/aromatic N) is 2. The van der Waals surface area contributed by atoms with Crippen LogP contribution in [-0.2, 0) is 4.74 Å². The predicted molar refractivity (Wildman–Crippen MR) is 88.3 cm³/mol. The average Bonchev–Trinajstić information content (AvgIpc) is 3.09. The van der Waals surface area contributed by atoms with Crippen molar-refractivity contribution >= 4 is 23.8 Å². The first kappa shape index (κ1) is 16.4. The smallest absolute Gasteiger partial charge is 0.340 e. The van der Waals surface area contributed by atoms with Crippen LogP contribution < -0.4 is 9.47 Å². The second kappa shape index (κ2) is 7.00. The van der Waals surface area contributed by atoms with Crippen molar-refractivity contribution in [3.8, 4) is 11.5 Å². The SMILES string of the molecule is CCOC(=O)c1cc([N+](=O)[O-])cnc1C=Cc1cccc2c1OCO2. The van der Waals surface area contributed by atoms with Crippen LogP contribution in [0.5, 0.6) is 11.5 Å². The molecule has 0 atom stereocenters. The maximum absolute atomic E-state index is 12.1. The van der Waals surface area contributed by atoms with Crippen molar-refractivity contribution in [3.63, 3.8) is 0 Å². The van der Waals surface area contributed by atoms with Gasteiger partial charge < -0.3 is 14.2 Å². The van der Waals surface area contributed by atoms with E-state index in [1.807, 2.05) is 12.1 Å². The maximum atomic E-state index is 12.1. The molecule has 0 saturated carbocycles. The molecule has 1 aliphatic rings. The number of pyridine rings is 1. The van der Waals surface area contributed by atoms with Crippen molar-refractivity contribution in [2.24, 2.45) is 0 Å². The van der Waals surface area contributed by atoms with Crippen molar-refractivity contribution in [2.75, 3.05) is 13.4 Å². The van der Waals surface area contributed by atoms with E-state index in [1.54, 1.807) is 25.1 Å². The molecule has 1 aromatic heterocycles. The minimum atomic E-state index is -0.670. The number of aromatic nitrogens is 1. The number of fused-ring (bicyclic) bond motifs is 1. The minimum absolute atomic E-state index is 0.0250. The third kappa shape index (κ3) is 3.42. The number of hydrogen-bond acceptors (Lipinski definition) is 7. The Hall–Kier alpha value is -3.42. The van der Waals surface area contributed by atoms with Gasteiger partial charge in [-0.25, -0.2) is 9.78 Å². The second-order valence-corrected chi connectivity index (χ2v) is 5.02. The number of hydrogen-bond donors (Lipinski definition) is 0. The van der Waals surface area contributed by atoms with Gasteiger partial charge in [0, 0.05) is 11.6 Å². The Labute approximate surface area is 142 Å². The van der Waals surface area contributed by atoms with Crippen LogP contribution in [0.1, 0.15) is 28.5 Å². The summed E-state index contributed by atoms with van der Waals surface area (Å²) >= 11 is 0. The Balaban J connectivity index is 1.98. The largest absolute Gasteiger partial charge is 0.462 e. The van der Waals surface area contributed by atoms with E-state index in [0.717, 1.165) is 17.8 Å². The minimum Gasteiger partial charge on any atom is -0.462 e. The highest BCUT2D eigenvalue weighted by molar-refractivity contribution is 5.94. The fourth-order valence-corrected chi connectivity index (χ4v) is 2.32. The van der Waals surface area contributed by atoms with E-state index in [9.17, 15) is 14.9 Å². The normalized spacial score (nSPS) is 12.4. The van der Waals surface area contributed by atoms with Gasteiger partial charge in [0.25, 0.3) is 5.69 Å². The van der Waals surface area contributed by atoms with Gasteiger partial charge in [0.1, 0.15) is 6.20 Å². The summed E-state index contributed by atoms with van der Waals surface area (Å²) in [5, 5.41) is 10.9. The molecule has 2 heterocycles. The highest BCUT2D eigenvalue weighted by Gasteiger charge is 2.19. The predicted octanol–water partition coefficient (Wildman–Crippen LogP) is 3.07. The number of carbonyl (C=O) groups excluding carboxylic acids is 1. The third-order valence-electron chi connectivity index (χ3n) is 3.46. The molecule has 0 aliphatic carbocycles. The lowest BCUT2D eigenvalue weighted by Gasteiger charge is -2.05. The molecule has 3 rings (SSSR count).